The van der Waals surface area contributed by atoms with Gasteiger partial charge in [0.05, 0.1) is 7.11 Å². The van der Waals surface area contributed by atoms with Crippen LogP contribution in [0.4, 0.5) is 14.5 Å². The molecule has 0 radical (unpaired) electrons. The molecule has 0 aromatic heterocycles. The van der Waals surface area contributed by atoms with Crippen molar-refractivity contribution < 1.29 is 13.5 Å². The molecule has 0 aliphatic heterocycles. The monoisotopic (exact) mass is 309 g/mol. The van der Waals surface area contributed by atoms with Crippen LogP contribution in [0.2, 0.25) is 0 Å². The van der Waals surface area contributed by atoms with E-state index in [0.29, 0.717) is 22.3 Å². The third-order valence-corrected chi connectivity index (χ3v) is 3.88. The zero-order valence-corrected chi connectivity index (χ0v) is 12.7. The Hall–Kier alpha value is -1.75. The summed E-state index contributed by atoms with van der Waals surface area (Å²) < 4.78 is 30.3. The molecule has 21 heavy (non-hydrogen) atoms. The molecule has 0 bridgehead atoms. The number of anilines is 1. The minimum Gasteiger partial charge on any atom is -0.497 e. The first-order chi connectivity index (χ1) is 10.1. The number of benzene rings is 2. The molecule has 2 rings (SSSR count). The number of ether oxygens (including phenoxy) is 1. The van der Waals surface area contributed by atoms with Crippen LogP contribution in [0.1, 0.15) is 18.5 Å². The van der Waals surface area contributed by atoms with Gasteiger partial charge < -0.3 is 10.1 Å². The number of halogens is 2. The van der Waals surface area contributed by atoms with Gasteiger partial charge in [0.2, 0.25) is 0 Å². The number of methoxy groups -OCH3 is 1. The van der Waals surface area contributed by atoms with Gasteiger partial charge in [0, 0.05) is 16.6 Å². The number of rotatable bonds is 6. The fourth-order valence-electron chi connectivity index (χ4n) is 1.99. The van der Waals surface area contributed by atoms with Crippen molar-refractivity contribution in [3.05, 3.63) is 54.1 Å². The van der Waals surface area contributed by atoms with Crippen LogP contribution in [0, 0.1) is 0 Å². The Kier molecular flexibility index (Phi) is 5.44. The highest BCUT2D eigenvalue weighted by molar-refractivity contribution is 7.99. The first-order valence-electron chi connectivity index (χ1n) is 6.54. The predicted octanol–water partition coefficient (Wildman–Crippen LogP) is 5.18. The highest BCUT2D eigenvalue weighted by Crippen LogP contribution is 2.33. The van der Waals surface area contributed by atoms with Crippen LogP contribution in [0.3, 0.4) is 0 Å². The molecular formula is C16H17F2NOS. The zero-order chi connectivity index (χ0) is 15.2. The number of thioether (sulfide) groups is 1. The molecule has 2 aromatic rings. The summed E-state index contributed by atoms with van der Waals surface area (Å²) in [6, 6.07) is 14.8. The van der Waals surface area contributed by atoms with Crippen LogP contribution in [0.25, 0.3) is 0 Å². The Balaban J connectivity index is 2.13. The number of nitrogens with one attached hydrogen (secondary N) is 1. The Bertz CT molecular complexity index is 575. The predicted molar refractivity (Wildman–Crippen MR) is 83.3 cm³/mol. The van der Waals surface area contributed by atoms with E-state index in [9.17, 15) is 8.78 Å². The Morgan fingerprint density at radius 2 is 1.71 bits per heavy atom. The summed E-state index contributed by atoms with van der Waals surface area (Å²) in [7, 11) is 1.62. The lowest BCUT2D eigenvalue weighted by molar-refractivity contribution is 0.252. The van der Waals surface area contributed by atoms with Gasteiger partial charge in [-0.25, -0.2) is 0 Å². The maximum absolute atomic E-state index is 12.6. The lowest BCUT2D eigenvalue weighted by Crippen LogP contribution is -2.07. The summed E-state index contributed by atoms with van der Waals surface area (Å²) in [5.41, 5.74) is 1.78. The normalized spacial score (nSPS) is 12.2. The summed E-state index contributed by atoms with van der Waals surface area (Å²) in [5.74, 6) is -1.64. The lowest BCUT2D eigenvalue weighted by atomic mass is 10.1. The number of para-hydroxylation sites is 1. The van der Waals surface area contributed by atoms with Gasteiger partial charge in [-0.15, -0.1) is 0 Å². The molecule has 0 aliphatic carbocycles. The van der Waals surface area contributed by atoms with Gasteiger partial charge in [-0.3, -0.25) is 0 Å². The molecule has 0 amide bonds. The van der Waals surface area contributed by atoms with E-state index in [0.717, 1.165) is 11.3 Å². The van der Waals surface area contributed by atoms with Crippen molar-refractivity contribution in [3.8, 4) is 5.75 Å². The average Bonchev–Trinajstić information content (AvgIpc) is 2.49. The molecule has 5 heteroatoms. The number of hydrogen-bond donors (Lipinski definition) is 1. The topological polar surface area (TPSA) is 21.3 Å². The molecule has 0 saturated carbocycles. The van der Waals surface area contributed by atoms with Crippen molar-refractivity contribution in [2.45, 2.75) is 23.6 Å². The van der Waals surface area contributed by atoms with Crippen molar-refractivity contribution in [2.24, 2.45) is 0 Å². The Morgan fingerprint density at radius 1 is 1.05 bits per heavy atom. The summed E-state index contributed by atoms with van der Waals surface area (Å²) in [6.45, 7) is 1.99. The molecule has 112 valence electrons. The summed E-state index contributed by atoms with van der Waals surface area (Å²) >= 11 is 0.552. The van der Waals surface area contributed by atoms with Gasteiger partial charge in [0.25, 0.3) is 5.76 Å². The molecule has 0 saturated heterocycles. The van der Waals surface area contributed by atoms with Crippen molar-refractivity contribution in [1.82, 2.24) is 0 Å². The largest absolute Gasteiger partial charge is 0.497 e. The van der Waals surface area contributed by atoms with Crippen LogP contribution >= 0.6 is 11.8 Å². The third-order valence-electron chi connectivity index (χ3n) is 3.09. The van der Waals surface area contributed by atoms with Gasteiger partial charge in [0.1, 0.15) is 5.75 Å². The fraction of sp³-hybridized carbons (Fsp3) is 0.250. The first-order valence-corrected chi connectivity index (χ1v) is 7.42. The highest BCUT2D eigenvalue weighted by Gasteiger charge is 2.12. The first kappa shape index (κ1) is 15.6. The van der Waals surface area contributed by atoms with E-state index >= 15 is 0 Å². The average molecular weight is 309 g/mol. The molecule has 0 heterocycles. The Morgan fingerprint density at radius 3 is 2.33 bits per heavy atom. The molecule has 2 nitrogen and oxygen atoms in total. The van der Waals surface area contributed by atoms with Crippen LogP contribution < -0.4 is 10.1 Å². The van der Waals surface area contributed by atoms with Gasteiger partial charge >= 0.3 is 0 Å². The second kappa shape index (κ2) is 7.31. The summed E-state index contributed by atoms with van der Waals surface area (Å²) in [4.78, 5) is 0.549. The van der Waals surface area contributed by atoms with Gasteiger partial charge in [0.15, 0.2) is 0 Å². The maximum atomic E-state index is 12.6. The minimum absolute atomic E-state index is 0.00956. The quantitative estimate of drug-likeness (QED) is 0.743. The summed E-state index contributed by atoms with van der Waals surface area (Å²) in [5, 5.41) is 3.27. The van der Waals surface area contributed by atoms with E-state index in [1.807, 2.05) is 43.3 Å². The van der Waals surface area contributed by atoms with Crippen LogP contribution in [0.5, 0.6) is 5.75 Å². The van der Waals surface area contributed by atoms with E-state index < -0.39 is 5.76 Å². The second-order valence-electron chi connectivity index (χ2n) is 4.51. The van der Waals surface area contributed by atoms with E-state index in [-0.39, 0.29) is 6.04 Å². The maximum Gasteiger partial charge on any atom is 0.288 e. The standard InChI is InChI=1S/C16H17F2NOS/c1-11(12-7-9-13(20-2)10-8-12)19-14-5-3-4-6-15(14)21-16(17)18/h3-11,16,19H,1-2H3. The van der Waals surface area contributed by atoms with Gasteiger partial charge in [-0.1, -0.05) is 36.0 Å². The minimum atomic E-state index is -2.43. The molecule has 2 aromatic carbocycles. The lowest BCUT2D eigenvalue weighted by Gasteiger charge is -2.18. The number of alkyl halides is 2. The summed E-state index contributed by atoms with van der Waals surface area (Å²) in [6.07, 6.45) is 0. The van der Waals surface area contributed by atoms with Crippen molar-refractivity contribution in [3.63, 3.8) is 0 Å². The molecule has 0 aliphatic rings. The van der Waals surface area contributed by atoms with E-state index in [2.05, 4.69) is 5.32 Å². The zero-order valence-electron chi connectivity index (χ0n) is 11.8. The van der Waals surface area contributed by atoms with Crippen molar-refractivity contribution >= 4 is 17.4 Å². The highest BCUT2D eigenvalue weighted by atomic mass is 32.2. The smallest absolute Gasteiger partial charge is 0.288 e. The second-order valence-corrected chi connectivity index (χ2v) is 5.55. The van der Waals surface area contributed by atoms with Crippen molar-refractivity contribution in [2.75, 3.05) is 12.4 Å². The van der Waals surface area contributed by atoms with Gasteiger partial charge in [-0.05, 0) is 36.8 Å². The third kappa shape index (κ3) is 4.36. The van der Waals surface area contributed by atoms with Gasteiger partial charge in [-0.2, -0.15) is 8.78 Å². The van der Waals surface area contributed by atoms with E-state index in [1.54, 1.807) is 19.2 Å². The van der Waals surface area contributed by atoms with Crippen LogP contribution in [-0.2, 0) is 0 Å². The van der Waals surface area contributed by atoms with E-state index in [1.165, 1.54) is 0 Å². The van der Waals surface area contributed by atoms with Crippen molar-refractivity contribution in [1.29, 1.82) is 0 Å². The van der Waals surface area contributed by atoms with Crippen LogP contribution in [-0.4, -0.2) is 12.9 Å². The molecule has 1 unspecified atom stereocenters. The SMILES string of the molecule is COc1ccc(C(C)Nc2ccccc2SC(F)F)cc1. The molecule has 1 N–H and O–H groups in total. The molecule has 0 fully saturated rings. The number of hydrogen-bond acceptors (Lipinski definition) is 3. The molecule has 1 atom stereocenters. The fourth-order valence-corrected chi connectivity index (χ4v) is 2.60. The molecule has 0 spiro atoms. The van der Waals surface area contributed by atoms with E-state index in [4.69, 9.17) is 4.74 Å². The molecular weight excluding hydrogens is 292 g/mol. The van der Waals surface area contributed by atoms with Crippen LogP contribution in [0.15, 0.2) is 53.4 Å². The Labute approximate surface area is 127 Å².